The van der Waals surface area contributed by atoms with Gasteiger partial charge < -0.3 is 11.5 Å². The van der Waals surface area contributed by atoms with Gasteiger partial charge in [-0.3, -0.25) is 0 Å². The van der Waals surface area contributed by atoms with E-state index in [2.05, 4.69) is 19.2 Å². The Morgan fingerprint density at radius 3 is 2.71 bits per heavy atom. The molecule has 2 nitrogen and oxygen atoms in total. The van der Waals surface area contributed by atoms with Crippen LogP contribution in [-0.2, 0) is 0 Å². The number of fused-ring (bicyclic) bond motifs is 1. The average molecular weight is 226 g/mol. The van der Waals surface area contributed by atoms with E-state index in [1.165, 1.54) is 25.4 Å². The zero-order valence-electron chi connectivity index (χ0n) is 8.33. The molecule has 1 unspecified atom stereocenters. The number of aryl methyl sites for hydroxylation is 2. The van der Waals surface area contributed by atoms with Gasteiger partial charge in [0.25, 0.3) is 0 Å². The third-order valence-electron chi connectivity index (χ3n) is 2.48. The minimum absolute atomic E-state index is 0.000926. The molecular weight excluding hydrogens is 212 g/mol. The van der Waals surface area contributed by atoms with Crippen molar-refractivity contribution in [1.82, 2.24) is 0 Å². The van der Waals surface area contributed by atoms with E-state index in [4.69, 9.17) is 11.5 Å². The summed E-state index contributed by atoms with van der Waals surface area (Å²) < 4.78 is 1.37. The lowest BCUT2D eigenvalue weighted by atomic mass is 10.1. The highest BCUT2D eigenvalue weighted by Gasteiger charge is 2.15. The van der Waals surface area contributed by atoms with Crippen LogP contribution in [0, 0.1) is 13.8 Å². The van der Waals surface area contributed by atoms with Crippen LogP contribution in [0.3, 0.4) is 0 Å². The minimum Gasteiger partial charge on any atom is -0.329 e. The lowest BCUT2D eigenvalue weighted by Gasteiger charge is -2.06. The summed E-state index contributed by atoms with van der Waals surface area (Å²) in [7, 11) is 0. The molecule has 0 radical (unpaired) electrons. The SMILES string of the molecule is Cc1csc2sc(C(N)CN)c(C)c12. The van der Waals surface area contributed by atoms with Crippen molar-refractivity contribution in [3.05, 3.63) is 21.4 Å². The van der Waals surface area contributed by atoms with Crippen LogP contribution < -0.4 is 11.5 Å². The van der Waals surface area contributed by atoms with Crippen LogP contribution in [0.4, 0.5) is 0 Å². The first kappa shape index (κ1) is 10.1. The summed E-state index contributed by atoms with van der Waals surface area (Å²) in [5.41, 5.74) is 14.2. The topological polar surface area (TPSA) is 52.0 Å². The molecule has 14 heavy (non-hydrogen) atoms. The van der Waals surface area contributed by atoms with Crippen LogP contribution >= 0.6 is 22.7 Å². The number of hydrogen-bond acceptors (Lipinski definition) is 4. The molecule has 0 aliphatic rings. The molecular formula is C10H14N2S2. The predicted octanol–water partition coefficient (Wildman–Crippen LogP) is 2.54. The average Bonchev–Trinajstić information content (AvgIpc) is 2.68. The Balaban J connectivity index is 2.63. The van der Waals surface area contributed by atoms with E-state index in [1.807, 2.05) is 0 Å². The number of thiophene rings is 2. The fourth-order valence-corrected chi connectivity index (χ4v) is 4.26. The Kier molecular flexibility index (Phi) is 2.62. The van der Waals surface area contributed by atoms with Crippen molar-refractivity contribution in [3.63, 3.8) is 0 Å². The molecule has 0 amide bonds. The number of rotatable bonds is 2. The van der Waals surface area contributed by atoms with Gasteiger partial charge in [0.15, 0.2) is 0 Å². The van der Waals surface area contributed by atoms with E-state index in [1.54, 1.807) is 22.7 Å². The zero-order valence-corrected chi connectivity index (χ0v) is 9.97. The molecule has 0 bridgehead atoms. The van der Waals surface area contributed by atoms with Gasteiger partial charge in [0.2, 0.25) is 0 Å². The fraction of sp³-hybridized carbons (Fsp3) is 0.400. The molecule has 4 heteroatoms. The van der Waals surface area contributed by atoms with Gasteiger partial charge in [-0.1, -0.05) is 0 Å². The van der Waals surface area contributed by atoms with Crippen LogP contribution in [0.2, 0.25) is 0 Å². The van der Waals surface area contributed by atoms with Gasteiger partial charge in [-0.05, 0) is 30.4 Å². The lowest BCUT2D eigenvalue weighted by molar-refractivity contribution is 0.748. The second kappa shape index (κ2) is 3.62. The van der Waals surface area contributed by atoms with Gasteiger partial charge in [-0.2, -0.15) is 0 Å². The van der Waals surface area contributed by atoms with Crippen molar-refractivity contribution in [2.75, 3.05) is 6.54 Å². The molecule has 1 atom stereocenters. The third-order valence-corrected chi connectivity index (χ3v) is 5.13. The summed E-state index contributed by atoms with van der Waals surface area (Å²) in [6, 6.07) is -0.000926. The molecule has 2 rings (SSSR count). The van der Waals surface area contributed by atoms with E-state index >= 15 is 0 Å². The second-order valence-corrected chi connectivity index (χ2v) is 5.70. The highest BCUT2D eigenvalue weighted by Crippen LogP contribution is 2.39. The fourth-order valence-electron chi connectivity index (χ4n) is 1.71. The largest absolute Gasteiger partial charge is 0.329 e. The molecule has 4 N–H and O–H groups in total. The van der Waals surface area contributed by atoms with E-state index in [0.717, 1.165) is 0 Å². The van der Waals surface area contributed by atoms with Crippen molar-refractivity contribution in [3.8, 4) is 0 Å². The van der Waals surface area contributed by atoms with E-state index in [9.17, 15) is 0 Å². The van der Waals surface area contributed by atoms with E-state index < -0.39 is 0 Å². The van der Waals surface area contributed by atoms with Crippen molar-refractivity contribution >= 4 is 32.1 Å². The van der Waals surface area contributed by atoms with Crippen molar-refractivity contribution in [1.29, 1.82) is 0 Å². The lowest BCUT2D eigenvalue weighted by Crippen LogP contribution is -2.20. The van der Waals surface area contributed by atoms with Gasteiger partial charge in [-0.25, -0.2) is 0 Å². The van der Waals surface area contributed by atoms with Crippen molar-refractivity contribution in [2.24, 2.45) is 11.5 Å². The predicted molar refractivity (Wildman–Crippen MR) is 65.2 cm³/mol. The Hall–Kier alpha value is -0.420. The van der Waals surface area contributed by atoms with E-state index in [0.29, 0.717) is 6.54 Å². The van der Waals surface area contributed by atoms with Gasteiger partial charge in [-0.15, -0.1) is 22.7 Å². The van der Waals surface area contributed by atoms with Gasteiger partial charge in [0, 0.05) is 16.8 Å². The maximum absolute atomic E-state index is 5.96. The second-order valence-electron chi connectivity index (χ2n) is 3.51. The highest BCUT2D eigenvalue weighted by atomic mass is 32.2. The summed E-state index contributed by atoms with van der Waals surface area (Å²) in [4.78, 5) is 1.25. The van der Waals surface area contributed by atoms with Gasteiger partial charge >= 0.3 is 0 Å². The maximum atomic E-state index is 5.96. The molecule has 0 fully saturated rings. The molecule has 2 aromatic rings. The van der Waals surface area contributed by atoms with Gasteiger partial charge in [0.05, 0.1) is 10.1 Å². The molecule has 0 spiro atoms. The van der Waals surface area contributed by atoms with Crippen LogP contribution in [-0.4, -0.2) is 6.54 Å². The summed E-state index contributed by atoms with van der Waals surface area (Å²) >= 11 is 3.59. The smallest absolute Gasteiger partial charge is 0.0873 e. The van der Waals surface area contributed by atoms with Gasteiger partial charge in [0.1, 0.15) is 0 Å². The third kappa shape index (κ3) is 1.39. The molecule has 0 aliphatic carbocycles. The molecule has 0 aromatic carbocycles. The van der Waals surface area contributed by atoms with Crippen LogP contribution in [0.5, 0.6) is 0 Å². The Morgan fingerprint density at radius 1 is 1.43 bits per heavy atom. The molecule has 0 saturated carbocycles. The summed E-state index contributed by atoms with van der Waals surface area (Å²) in [6.07, 6.45) is 0. The summed E-state index contributed by atoms with van der Waals surface area (Å²) in [6.45, 7) is 4.81. The first-order chi connectivity index (χ1) is 6.65. The summed E-state index contributed by atoms with van der Waals surface area (Å²) in [5, 5.41) is 3.59. The molecule has 76 valence electrons. The number of nitrogens with two attached hydrogens (primary N) is 2. The number of hydrogen-bond donors (Lipinski definition) is 2. The molecule has 0 aliphatic heterocycles. The minimum atomic E-state index is -0.000926. The monoisotopic (exact) mass is 226 g/mol. The van der Waals surface area contributed by atoms with Crippen molar-refractivity contribution in [2.45, 2.75) is 19.9 Å². The standard InChI is InChI=1S/C10H14N2S2/c1-5-4-13-10-8(5)6(2)9(14-10)7(12)3-11/h4,7H,3,11-12H2,1-2H3. The van der Waals surface area contributed by atoms with Crippen LogP contribution in [0.25, 0.3) is 9.40 Å². The quantitative estimate of drug-likeness (QED) is 0.827. The van der Waals surface area contributed by atoms with Crippen molar-refractivity contribution < 1.29 is 0 Å². The van der Waals surface area contributed by atoms with Crippen LogP contribution in [0.15, 0.2) is 5.38 Å². The molecule has 2 aromatic heterocycles. The zero-order chi connectivity index (χ0) is 10.3. The maximum Gasteiger partial charge on any atom is 0.0873 e. The highest BCUT2D eigenvalue weighted by molar-refractivity contribution is 7.37. The Bertz CT molecular complexity index is 456. The Labute approximate surface area is 91.5 Å². The Morgan fingerprint density at radius 2 is 2.14 bits per heavy atom. The molecule has 2 heterocycles. The molecule has 0 saturated heterocycles. The normalized spacial score (nSPS) is 13.7. The van der Waals surface area contributed by atoms with Crippen LogP contribution in [0.1, 0.15) is 22.0 Å². The summed E-state index contributed by atoms with van der Waals surface area (Å²) in [5.74, 6) is 0. The van der Waals surface area contributed by atoms with E-state index in [-0.39, 0.29) is 6.04 Å². The first-order valence-corrected chi connectivity index (χ1v) is 6.27. The first-order valence-electron chi connectivity index (χ1n) is 4.58.